The molecule has 2 aromatic rings. The molecule has 5 nitrogen and oxygen atoms in total. The summed E-state index contributed by atoms with van der Waals surface area (Å²) in [6.07, 6.45) is 0.0636. The highest BCUT2D eigenvalue weighted by atomic mass is 35.5. The summed E-state index contributed by atoms with van der Waals surface area (Å²) in [6.45, 7) is 3.73. The first-order valence-corrected chi connectivity index (χ1v) is 7.24. The van der Waals surface area contributed by atoms with Gasteiger partial charge in [-0.1, -0.05) is 29.8 Å². The van der Waals surface area contributed by atoms with Crippen LogP contribution in [0.25, 0.3) is 11.3 Å². The summed E-state index contributed by atoms with van der Waals surface area (Å²) in [5.74, 6) is -0.0593. The van der Waals surface area contributed by atoms with Crippen LogP contribution in [0.4, 0.5) is 0 Å². The lowest BCUT2D eigenvalue weighted by molar-refractivity contribution is -0.0126. The number of H-pyrrole nitrogens is 1. The topological polar surface area (TPSA) is 58.2 Å². The minimum Gasteiger partial charge on any atom is -0.375 e. The predicted octanol–water partition coefficient (Wildman–Crippen LogP) is 2.59. The number of hydrogen-bond donors (Lipinski definition) is 1. The number of ether oxygens (including phenoxy) is 1. The number of morpholine rings is 1. The maximum absolute atomic E-state index is 12.4. The van der Waals surface area contributed by atoms with Crippen LogP contribution in [0.1, 0.15) is 17.4 Å². The number of aromatic amines is 1. The minimum atomic E-state index is -0.0593. The number of carbonyl (C=O) groups is 1. The number of nitrogens with zero attached hydrogens (tertiary/aromatic N) is 2. The molecule has 6 heteroatoms. The first-order chi connectivity index (χ1) is 10.1. The Morgan fingerprint density at radius 2 is 2.29 bits per heavy atom. The molecule has 1 N–H and O–H groups in total. The van der Waals surface area contributed by atoms with Crippen LogP contribution in [0.2, 0.25) is 5.02 Å². The van der Waals surface area contributed by atoms with Gasteiger partial charge in [0.1, 0.15) is 5.69 Å². The minimum absolute atomic E-state index is 0.0593. The van der Waals surface area contributed by atoms with Gasteiger partial charge in [-0.3, -0.25) is 9.89 Å². The van der Waals surface area contributed by atoms with E-state index < -0.39 is 0 Å². The van der Waals surface area contributed by atoms with Crippen LogP contribution < -0.4 is 0 Å². The summed E-state index contributed by atoms with van der Waals surface area (Å²) in [5.41, 5.74) is 1.95. The van der Waals surface area contributed by atoms with E-state index in [1.54, 1.807) is 17.0 Å². The Kier molecular flexibility index (Phi) is 3.94. The van der Waals surface area contributed by atoms with Gasteiger partial charge >= 0.3 is 0 Å². The van der Waals surface area contributed by atoms with Crippen LogP contribution in [0.3, 0.4) is 0 Å². The SMILES string of the molecule is C[C@H]1CN(C(=O)c2cc(-c3ccccc3Cl)n[nH]2)CCO1. The molecule has 3 rings (SSSR count). The molecule has 0 bridgehead atoms. The molecule has 0 saturated carbocycles. The summed E-state index contributed by atoms with van der Waals surface area (Å²) < 4.78 is 5.45. The van der Waals surface area contributed by atoms with Crippen molar-refractivity contribution in [2.45, 2.75) is 13.0 Å². The fourth-order valence-corrected chi connectivity index (χ4v) is 2.64. The third-order valence-electron chi connectivity index (χ3n) is 3.49. The van der Waals surface area contributed by atoms with E-state index in [-0.39, 0.29) is 12.0 Å². The number of rotatable bonds is 2. The normalized spacial score (nSPS) is 18.8. The van der Waals surface area contributed by atoms with Gasteiger partial charge in [-0.05, 0) is 19.1 Å². The maximum Gasteiger partial charge on any atom is 0.272 e. The number of amides is 1. The van der Waals surface area contributed by atoms with Crippen molar-refractivity contribution in [2.24, 2.45) is 0 Å². The Hall–Kier alpha value is -1.85. The van der Waals surface area contributed by atoms with E-state index >= 15 is 0 Å². The van der Waals surface area contributed by atoms with Gasteiger partial charge in [0, 0.05) is 18.7 Å². The molecule has 0 unspecified atom stereocenters. The van der Waals surface area contributed by atoms with Crippen LogP contribution in [0.15, 0.2) is 30.3 Å². The standard InChI is InChI=1S/C15H16ClN3O2/c1-10-9-19(6-7-21-10)15(20)14-8-13(17-18-14)11-4-2-3-5-12(11)16/h2-5,8,10H,6-7,9H2,1H3,(H,17,18)/t10-/m0/s1. The maximum atomic E-state index is 12.4. The molecule has 1 aromatic carbocycles. The molecule has 21 heavy (non-hydrogen) atoms. The first-order valence-electron chi connectivity index (χ1n) is 6.86. The number of halogens is 1. The number of nitrogens with one attached hydrogen (secondary N) is 1. The molecule has 1 fully saturated rings. The van der Waals surface area contributed by atoms with Crippen molar-refractivity contribution in [3.63, 3.8) is 0 Å². The van der Waals surface area contributed by atoms with Gasteiger partial charge < -0.3 is 9.64 Å². The molecule has 1 amide bonds. The molecule has 2 heterocycles. The fourth-order valence-electron chi connectivity index (χ4n) is 2.41. The Labute approximate surface area is 127 Å². The lowest BCUT2D eigenvalue weighted by Gasteiger charge is -2.30. The fraction of sp³-hybridized carbons (Fsp3) is 0.333. The second-order valence-electron chi connectivity index (χ2n) is 5.08. The number of carbonyl (C=O) groups excluding carboxylic acids is 1. The van der Waals surface area contributed by atoms with Crippen LogP contribution >= 0.6 is 11.6 Å². The van der Waals surface area contributed by atoms with Gasteiger partial charge in [-0.2, -0.15) is 5.10 Å². The molecule has 1 saturated heterocycles. The van der Waals surface area contributed by atoms with Crippen molar-refractivity contribution in [3.05, 3.63) is 41.0 Å². The molecule has 0 radical (unpaired) electrons. The van der Waals surface area contributed by atoms with E-state index in [2.05, 4.69) is 10.2 Å². The number of benzene rings is 1. The summed E-state index contributed by atoms with van der Waals surface area (Å²) in [4.78, 5) is 14.2. The van der Waals surface area contributed by atoms with Crippen molar-refractivity contribution in [2.75, 3.05) is 19.7 Å². The summed E-state index contributed by atoms with van der Waals surface area (Å²) in [6, 6.07) is 9.17. The monoisotopic (exact) mass is 305 g/mol. The van der Waals surface area contributed by atoms with Gasteiger partial charge in [0.25, 0.3) is 5.91 Å². The molecule has 1 atom stereocenters. The van der Waals surface area contributed by atoms with Crippen molar-refractivity contribution < 1.29 is 9.53 Å². The van der Waals surface area contributed by atoms with Gasteiger partial charge in [-0.15, -0.1) is 0 Å². The second kappa shape index (κ2) is 5.87. The van der Waals surface area contributed by atoms with Crippen molar-refractivity contribution in [1.29, 1.82) is 0 Å². The summed E-state index contributed by atoms with van der Waals surface area (Å²) in [5, 5.41) is 7.61. The van der Waals surface area contributed by atoms with Crippen LogP contribution in [-0.4, -0.2) is 46.8 Å². The third-order valence-corrected chi connectivity index (χ3v) is 3.82. The molecule has 1 aliphatic heterocycles. The van der Waals surface area contributed by atoms with Crippen LogP contribution in [0.5, 0.6) is 0 Å². The van der Waals surface area contributed by atoms with Gasteiger partial charge in [0.05, 0.1) is 23.4 Å². The van der Waals surface area contributed by atoms with Crippen LogP contribution in [-0.2, 0) is 4.74 Å². The van der Waals surface area contributed by atoms with Crippen LogP contribution in [0, 0.1) is 0 Å². The van der Waals surface area contributed by atoms with E-state index in [0.29, 0.717) is 36.1 Å². The Morgan fingerprint density at radius 3 is 3.05 bits per heavy atom. The van der Waals surface area contributed by atoms with E-state index in [1.165, 1.54) is 0 Å². The Bertz CT molecular complexity index is 656. The molecule has 1 aliphatic rings. The van der Waals surface area contributed by atoms with Gasteiger partial charge in [-0.25, -0.2) is 0 Å². The summed E-state index contributed by atoms with van der Waals surface area (Å²) >= 11 is 6.15. The quantitative estimate of drug-likeness (QED) is 0.928. The van der Waals surface area contributed by atoms with E-state index in [0.717, 1.165) is 5.56 Å². The van der Waals surface area contributed by atoms with E-state index in [1.807, 2.05) is 25.1 Å². The van der Waals surface area contributed by atoms with Crippen molar-refractivity contribution >= 4 is 17.5 Å². The zero-order valence-electron chi connectivity index (χ0n) is 11.7. The number of aromatic nitrogens is 2. The average Bonchev–Trinajstić information content (AvgIpc) is 2.96. The first kappa shape index (κ1) is 14.1. The highest BCUT2D eigenvalue weighted by molar-refractivity contribution is 6.33. The Balaban J connectivity index is 1.82. The second-order valence-corrected chi connectivity index (χ2v) is 5.49. The highest BCUT2D eigenvalue weighted by Crippen LogP contribution is 2.26. The average molecular weight is 306 g/mol. The van der Waals surface area contributed by atoms with Gasteiger partial charge in [0.15, 0.2) is 0 Å². The Morgan fingerprint density at radius 1 is 1.48 bits per heavy atom. The smallest absolute Gasteiger partial charge is 0.272 e. The third kappa shape index (κ3) is 2.94. The molecular formula is C15H16ClN3O2. The highest BCUT2D eigenvalue weighted by Gasteiger charge is 2.24. The zero-order chi connectivity index (χ0) is 14.8. The molecule has 0 spiro atoms. The van der Waals surface area contributed by atoms with Crippen molar-refractivity contribution in [1.82, 2.24) is 15.1 Å². The van der Waals surface area contributed by atoms with Crippen molar-refractivity contribution in [3.8, 4) is 11.3 Å². The van der Waals surface area contributed by atoms with Gasteiger partial charge in [0.2, 0.25) is 0 Å². The lowest BCUT2D eigenvalue weighted by atomic mass is 10.1. The molecule has 110 valence electrons. The predicted molar refractivity (Wildman–Crippen MR) is 80.4 cm³/mol. The van der Waals surface area contributed by atoms with E-state index in [4.69, 9.17) is 16.3 Å². The largest absolute Gasteiger partial charge is 0.375 e. The number of hydrogen-bond acceptors (Lipinski definition) is 3. The zero-order valence-corrected chi connectivity index (χ0v) is 12.4. The molecule has 1 aromatic heterocycles. The van der Waals surface area contributed by atoms with E-state index in [9.17, 15) is 4.79 Å². The molecule has 0 aliphatic carbocycles. The lowest BCUT2D eigenvalue weighted by Crippen LogP contribution is -2.44. The summed E-state index contributed by atoms with van der Waals surface area (Å²) in [7, 11) is 0. The molecular weight excluding hydrogens is 290 g/mol.